The minimum Gasteiger partial charge on any atom is -0.354 e. The van der Waals surface area contributed by atoms with Gasteiger partial charge >= 0.3 is 0 Å². The topological polar surface area (TPSA) is 93.1 Å². The molecule has 0 spiro atoms. The van der Waals surface area contributed by atoms with Gasteiger partial charge in [0.2, 0.25) is 11.8 Å². The van der Waals surface area contributed by atoms with Gasteiger partial charge in [-0.25, -0.2) is 4.98 Å². The number of carbonyl (C=O) groups excluding carboxylic acids is 2. The van der Waals surface area contributed by atoms with Gasteiger partial charge in [0.1, 0.15) is 6.04 Å². The van der Waals surface area contributed by atoms with Crippen molar-refractivity contribution >= 4 is 22.7 Å². The van der Waals surface area contributed by atoms with Crippen LogP contribution in [0.15, 0.2) is 29.3 Å². The normalized spacial score (nSPS) is 12.0. The van der Waals surface area contributed by atoms with Crippen LogP contribution in [0.25, 0.3) is 10.9 Å². The van der Waals surface area contributed by atoms with E-state index in [-0.39, 0.29) is 23.8 Å². The van der Waals surface area contributed by atoms with Gasteiger partial charge in [-0.3, -0.25) is 19.0 Å². The summed E-state index contributed by atoms with van der Waals surface area (Å²) < 4.78 is 1.52. The predicted molar refractivity (Wildman–Crippen MR) is 101 cm³/mol. The predicted octanol–water partition coefficient (Wildman–Crippen LogP) is 1.52. The number of hydrogen-bond acceptors (Lipinski definition) is 4. The van der Waals surface area contributed by atoms with Gasteiger partial charge in [-0.2, -0.15) is 0 Å². The fraction of sp³-hybridized carbons (Fsp3) is 0.474. The highest BCUT2D eigenvalue weighted by molar-refractivity contribution is 5.87. The summed E-state index contributed by atoms with van der Waals surface area (Å²) in [4.78, 5) is 40.6. The molecule has 2 N–H and O–H groups in total. The molecule has 1 heterocycles. The molecule has 7 heteroatoms. The van der Waals surface area contributed by atoms with Crippen LogP contribution in [-0.4, -0.2) is 34.0 Å². The van der Waals surface area contributed by atoms with Crippen molar-refractivity contribution < 1.29 is 9.59 Å². The number of para-hydroxylation sites is 1. The van der Waals surface area contributed by atoms with Crippen LogP contribution >= 0.6 is 0 Å². The molecule has 0 unspecified atom stereocenters. The van der Waals surface area contributed by atoms with E-state index in [1.54, 1.807) is 13.0 Å². The van der Waals surface area contributed by atoms with E-state index in [1.165, 1.54) is 10.9 Å². The highest BCUT2D eigenvalue weighted by Gasteiger charge is 2.14. The summed E-state index contributed by atoms with van der Waals surface area (Å²) in [6.07, 6.45) is 3.11. The van der Waals surface area contributed by atoms with Crippen LogP contribution in [0.4, 0.5) is 0 Å². The number of rotatable bonds is 8. The molecular weight excluding hydrogens is 332 g/mol. The summed E-state index contributed by atoms with van der Waals surface area (Å²) in [6, 6.07) is 4.95. The first-order valence-electron chi connectivity index (χ1n) is 8.96. The van der Waals surface area contributed by atoms with Gasteiger partial charge in [0, 0.05) is 19.5 Å². The minimum absolute atomic E-state index is 0.105. The molecule has 0 aliphatic carbocycles. The van der Waals surface area contributed by atoms with Crippen LogP contribution in [0.1, 0.15) is 38.7 Å². The molecular formula is C19H26N4O3. The Morgan fingerprint density at radius 3 is 2.81 bits per heavy atom. The number of nitrogens with one attached hydrogen (secondary N) is 2. The van der Waals surface area contributed by atoms with Crippen molar-refractivity contribution in [2.75, 3.05) is 6.54 Å². The summed E-state index contributed by atoms with van der Waals surface area (Å²) in [5.41, 5.74) is 1.56. The van der Waals surface area contributed by atoms with Crippen LogP contribution in [0.5, 0.6) is 0 Å². The van der Waals surface area contributed by atoms with Crippen LogP contribution in [0.2, 0.25) is 0 Å². The molecule has 2 aromatic rings. The van der Waals surface area contributed by atoms with E-state index in [0.29, 0.717) is 30.4 Å². The largest absolute Gasteiger partial charge is 0.354 e. The first-order chi connectivity index (χ1) is 12.4. The van der Waals surface area contributed by atoms with E-state index in [0.717, 1.165) is 12.0 Å². The van der Waals surface area contributed by atoms with Gasteiger partial charge in [0.25, 0.3) is 5.56 Å². The van der Waals surface area contributed by atoms with Crippen molar-refractivity contribution in [1.29, 1.82) is 0 Å². The zero-order valence-corrected chi connectivity index (χ0v) is 15.5. The second-order valence-corrected chi connectivity index (χ2v) is 6.40. The second kappa shape index (κ2) is 9.12. The molecule has 0 saturated heterocycles. The number of nitrogens with zero attached hydrogens (tertiary/aromatic N) is 2. The number of hydrogen-bond donors (Lipinski definition) is 2. The summed E-state index contributed by atoms with van der Waals surface area (Å²) in [5.74, 6) is -0.396. The van der Waals surface area contributed by atoms with Crippen LogP contribution in [0, 0.1) is 6.92 Å². The van der Waals surface area contributed by atoms with Crippen molar-refractivity contribution in [3.05, 3.63) is 40.4 Å². The Balaban J connectivity index is 1.89. The van der Waals surface area contributed by atoms with Crippen molar-refractivity contribution in [1.82, 2.24) is 20.2 Å². The summed E-state index contributed by atoms with van der Waals surface area (Å²) in [6.45, 7) is 6.54. The first kappa shape index (κ1) is 19.6. The zero-order chi connectivity index (χ0) is 19.1. The third-order valence-electron chi connectivity index (χ3n) is 4.18. The Bertz CT molecular complexity index is 844. The number of benzene rings is 1. The molecule has 2 amide bonds. The van der Waals surface area contributed by atoms with E-state index in [9.17, 15) is 14.4 Å². The lowest BCUT2D eigenvalue weighted by molar-refractivity contribution is -0.128. The lowest BCUT2D eigenvalue weighted by atomic mass is 10.1. The highest BCUT2D eigenvalue weighted by Crippen LogP contribution is 2.11. The van der Waals surface area contributed by atoms with Gasteiger partial charge in [-0.05, 0) is 38.3 Å². The molecule has 1 aromatic carbocycles. The van der Waals surface area contributed by atoms with Gasteiger partial charge < -0.3 is 10.6 Å². The third kappa shape index (κ3) is 4.91. The van der Waals surface area contributed by atoms with Crippen LogP contribution in [-0.2, 0) is 16.1 Å². The molecule has 1 atom stereocenters. The molecule has 7 nitrogen and oxygen atoms in total. The second-order valence-electron chi connectivity index (χ2n) is 6.40. The van der Waals surface area contributed by atoms with E-state index >= 15 is 0 Å². The molecule has 0 aliphatic heterocycles. The summed E-state index contributed by atoms with van der Waals surface area (Å²) in [5, 5.41) is 6.00. The Morgan fingerprint density at radius 2 is 2.08 bits per heavy atom. The maximum absolute atomic E-state index is 12.5. The fourth-order valence-electron chi connectivity index (χ4n) is 2.69. The summed E-state index contributed by atoms with van der Waals surface area (Å²) >= 11 is 0. The van der Waals surface area contributed by atoms with Gasteiger partial charge in [0.05, 0.1) is 17.2 Å². The molecule has 26 heavy (non-hydrogen) atoms. The average molecular weight is 358 g/mol. The maximum Gasteiger partial charge on any atom is 0.261 e. The van der Waals surface area contributed by atoms with E-state index < -0.39 is 6.04 Å². The van der Waals surface area contributed by atoms with Gasteiger partial charge in [-0.1, -0.05) is 19.1 Å². The fourth-order valence-corrected chi connectivity index (χ4v) is 2.69. The maximum atomic E-state index is 12.5. The lowest BCUT2D eigenvalue weighted by Gasteiger charge is -2.14. The quantitative estimate of drug-likeness (QED) is 0.748. The first-order valence-corrected chi connectivity index (χ1v) is 8.96. The molecule has 0 fully saturated rings. The number of fused-ring (bicyclic) bond motifs is 1. The Labute approximate surface area is 152 Å². The molecule has 0 radical (unpaired) electrons. The smallest absolute Gasteiger partial charge is 0.261 e. The molecule has 0 bridgehead atoms. The summed E-state index contributed by atoms with van der Waals surface area (Å²) in [7, 11) is 0. The van der Waals surface area contributed by atoms with Gasteiger partial charge in [-0.15, -0.1) is 0 Å². The minimum atomic E-state index is -0.568. The molecule has 0 aliphatic rings. The van der Waals surface area contributed by atoms with Crippen LogP contribution in [0.3, 0.4) is 0 Å². The monoisotopic (exact) mass is 358 g/mol. The van der Waals surface area contributed by atoms with Gasteiger partial charge in [0.15, 0.2) is 0 Å². The Kier molecular flexibility index (Phi) is 6.89. The third-order valence-corrected chi connectivity index (χ3v) is 4.18. The van der Waals surface area contributed by atoms with E-state index in [2.05, 4.69) is 15.6 Å². The molecule has 140 valence electrons. The number of carbonyl (C=O) groups is 2. The lowest BCUT2D eigenvalue weighted by Crippen LogP contribution is -2.45. The van der Waals surface area contributed by atoms with Crippen molar-refractivity contribution in [2.45, 2.75) is 52.6 Å². The van der Waals surface area contributed by atoms with Crippen molar-refractivity contribution in [3.8, 4) is 0 Å². The SMILES string of the molecule is CCCNC(=O)[C@H](C)NC(=O)CCCn1cnc2c(C)cccc2c1=O. The standard InChI is InChI=1S/C19H26N4O3/c1-4-10-20-18(25)14(3)22-16(24)9-6-11-23-12-21-17-13(2)7-5-8-15(17)19(23)26/h5,7-8,12,14H,4,6,9-11H2,1-3H3,(H,20,25)(H,22,24)/t14-/m0/s1. The van der Waals surface area contributed by atoms with E-state index in [1.807, 2.05) is 26.0 Å². The molecule has 2 rings (SSSR count). The van der Waals surface area contributed by atoms with Crippen molar-refractivity contribution in [2.24, 2.45) is 0 Å². The number of aromatic nitrogens is 2. The Morgan fingerprint density at radius 1 is 1.31 bits per heavy atom. The zero-order valence-electron chi connectivity index (χ0n) is 15.5. The Hall–Kier alpha value is -2.70. The number of amides is 2. The van der Waals surface area contributed by atoms with E-state index in [4.69, 9.17) is 0 Å². The molecule has 0 saturated carbocycles. The highest BCUT2D eigenvalue weighted by atomic mass is 16.2. The van der Waals surface area contributed by atoms with Crippen molar-refractivity contribution in [3.63, 3.8) is 0 Å². The average Bonchev–Trinajstić information content (AvgIpc) is 2.62. The van der Waals surface area contributed by atoms with Crippen LogP contribution < -0.4 is 16.2 Å². The molecule has 1 aromatic heterocycles. The number of aryl methyl sites for hydroxylation is 2.